The second-order valence-electron chi connectivity index (χ2n) is 4.77. The number of hydrogen-bond acceptors (Lipinski definition) is 4. The number of ether oxygens (including phenoxy) is 1. The number of carbonyl (C=O) groups excluding carboxylic acids is 3. The maximum atomic E-state index is 11.4. The topological polar surface area (TPSA) is 60.4 Å². The van der Waals surface area contributed by atoms with Crippen molar-refractivity contribution in [3.8, 4) is 0 Å². The molecular formula is C18H15BrI2O4. The average molecular weight is 629 g/mol. The Kier molecular flexibility index (Phi) is 10.4. The average Bonchev–Trinajstić information content (AvgIpc) is 2.60. The molecule has 2 aromatic carbocycles. The molecule has 0 saturated carbocycles. The zero-order valence-corrected chi connectivity index (χ0v) is 19.2. The molecule has 0 bridgehead atoms. The molecule has 0 N–H and O–H groups in total. The summed E-state index contributed by atoms with van der Waals surface area (Å²) in [5, 5.41) is 0.396. The van der Waals surface area contributed by atoms with Crippen molar-refractivity contribution in [2.75, 3.05) is 11.9 Å². The van der Waals surface area contributed by atoms with E-state index in [0.29, 0.717) is 10.9 Å². The fraction of sp³-hybridized carbons (Fsp3) is 0.167. The van der Waals surface area contributed by atoms with E-state index in [1.165, 1.54) is 6.92 Å². The highest BCUT2D eigenvalue weighted by atomic mass is 127. The maximum absolute atomic E-state index is 11.4. The summed E-state index contributed by atoms with van der Waals surface area (Å²) in [7, 11) is 0. The molecule has 25 heavy (non-hydrogen) atoms. The molecule has 0 unspecified atom stereocenters. The van der Waals surface area contributed by atoms with Gasteiger partial charge in [0, 0.05) is 25.2 Å². The second kappa shape index (κ2) is 11.7. The van der Waals surface area contributed by atoms with Gasteiger partial charge in [0.15, 0.2) is 18.2 Å². The molecule has 4 nitrogen and oxygen atoms in total. The minimum atomic E-state index is -0.441. The van der Waals surface area contributed by atoms with Crippen LogP contribution in [0.1, 0.15) is 27.6 Å². The Hall–Kier alpha value is -0.810. The van der Waals surface area contributed by atoms with Crippen molar-refractivity contribution < 1.29 is 19.1 Å². The van der Waals surface area contributed by atoms with Crippen molar-refractivity contribution in [1.29, 1.82) is 0 Å². The van der Waals surface area contributed by atoms with Crippen LogP contribution in [-0.2, 0) is 9.53 Å². The summed E-state index contributed by atoms with van der Waals surface area (Å²) in [5.41, 5.74) is 1.33. The highest BCUT2D eigenvalue weighted by Gasteiger charge is 2.06. The number of halogens is 3. The smallest absolute Gasteiger partial charge is 0.303 e. The number of alkyl halides is 1. The molecule has 0 aliphatic heterocycles. The number of ketones is 2. The van der Waals surface area contributed by atoms with Gasteiger partial charge in [-0.15, -0.1) is 0 Å². The molecule has 0 spiro atoms. The SMILES string of the molecule is CC(=O)OCC(=O)c1ccc(I)cc1.O=C(CBr)c1ccc(I)cc1. The molecule has 7 heteroatoms. The largest absolute Gasteiger partial charge is 0.457 e. The summed E-state index contributed by atoms with van der Waals surface area (Å²) in [6, 6.07) is 14.6. The lowest BCUT2D eigenvalue weighted by Crippen LogP contribution is -2.11. The van der Waals surface area contributed by atoms with Crippen molar-refractivity contribution in [2.45, 2.75) is 6.92 Å². The molecule has 0 heterocycles. The normalized spacial score (nSPS) is 9.60. The van der Waals surface area contributed by atoms with Crippen LogP contribution in [0.15, 0.2) is 48.5 Å². The van der Waals surface area contributed by atoms with Gasteiger partial charge in [0.1, 0.15) is 0 Å². The molecule has 0 radical (unpaired) electrons. The van der Waals surface area contributed by atoms with E-state index >= 15 is 0 Å². The highest BCUT2D eigenvalue weighted by molar-refractivity contribution is 14.1. The first-order valence-corrected chi connectivity index (χ1v) is 10.4. The first-order valence-electron chi connectivity index (χ1n) is 7.10. The van der Waals surface area contributed by atoms with Crippen LogP contribution in [0.3, 0.4) is 0 Å². The van der Waals surface area contributed by atoms with Crippen LogP contribution in [0.4, 0.5) is 0 Å². The van der Waals surface area contributed by atoms with Gasteiger partial charge in [0.25, 0.3) is 0 Å². The van der Waals surface area contributed by atoms with Crippen LogP contribution in [0.2, 0.25) is 0 Å². The lowest BCUT2D eigenvalue weighted by molar-refractivity contribution is -0.139. The fourth-order valence-electron chi connectivity index (χ4n) is 1.60. The summed E-state index contributed by atoms with van der Waals surface area (Å²) < 4.78 is 6.81. The highest BCUT2D eigenvalue weighted by Crippen LogP contribution is 2.08. The quantitative estimate of drug-likeness (QED) is 0.205. The second-order valence-corrected chi connectivity index (χ2v) is 7.83. The van der Waals surface area contributed by atoms with Gasteiger partial charge in [-0.05, 0) is 69.4 Å². The van der Waals surface area contributed by atoms with Crippen LogP contribution in [0.25, 0.3) is 0 Å². The Morgan fingerprint density at radius 1 is 0.840 bits per heavy atom. The molecule has 132 valence electrons. The Morgan fingerprint density at radius 3 is 1.60 bits per heavy atom. The molecule has 0 fully saturated rings. The van der Waals surface area contributed by atoms with Gasteiger partial charge in [-0.2, -0.15) is 0 Å². The van der Waals surface area contributed by atoms with E-state index in [-0.39, 0.29) is 18.2 Å². The van der Waals surface area contributed by atoms with Crippen LogP contribution >= 0.6 is 61.1 Å². The molecule has 0 aromatic heterocycles. The minimum absolute atomic E-state index is 0.126. The molecule has 0 aliphatic rings. The minimum Gasteiger partial charge on any atom is -0.457 e. The summed E-state index contributed by atoms with van der Waals surface area (Å²) in [4.78, 5) is 32.9. The summed E-state index contributed by atoms with van der Waals surface area (Å²) in [6.45, 7) is 1.09. The molecule has 0 atom stereocenters. The van der Waals surface area contributed by atoms with Gasteiger partial charge in [-0.3, -0.25) is 14.4 Å². The third-order valence-electron chi connectivity index (χ3n) is 2.86. The maximum Gasteiger partial charge on any atom is 0.303 e. The molecule has 2 aromatic rings. The van der Waals surface area contributed by atoms with E-state index in [0.717, 1.165) is 12.7 Å². The lowest BCUT2D eigenvalue weighted by atomic mass is 10.1. The number of esters is 1. The predicted molar refractivity (Wildman–Crippen MR) is 117 cm³/mol. The van der Waals surface area contributed by atoms with Gasteiger partial charge in [0.05, 0.1) is 5.33 Å². The van der Waals surface area contributed by atoms with E-state index in [4.69, 9.17) is 0 Å². The summed E-state index contributed by atoms with van der Waals surface area (Å²) >= 11 is 7.48. The van der Waals surface area contributed by atoms with Crippen LogP contribution in [0.5, 0.6) is 0 Å². The molecule has 0 amide bonds. The molecular weight excluding hydrogens is 614 g/mol. The zero-order chi connectivity index (χ0) is 18.8. The Balaban J connectivity index is 0.000000257. The lowest BCUT2D eigenvalue weighted by Gasteiger charge is -2.01. The Bertz CT molecular complexity index is 728. The van der Waals surface area contributed by atoms with Crippen molar-refractivity contribution in [3.63, 3.8) is 0 Å². The van der Waals surface area contributed by atoms with Gasteiger partial charge >= 0.3 is 5.97 Å². The first-order chi connectivity index (χ1) is 11.8. The third-order valence-corrected chi connectivity index (χ3v) is 4.81. The molecule has 0 saturated heterocycles. The van der Waals surface area contributed by atoms with E-state index in [1.807, 2.05) is 36.4 Å². The first kappa shape index (κ1) is 22.2. The van der Waals surface area contributed by atoms with Crippen molar-refractivity contribution in [3.05, 3.63) is 66.8 Å². The van der Waals surface area contributed by atoms with Gasteiger partial charge in [-0.1, -0.05) is 40.2 Å². The number of carbonyl (C=O) groups is 3. The third kappa shape index (κ3) is 8.91. The number of rotatable bonds is 5. The van der Waals surface area contributed by atoms with Crippen LogP contribution < -0.4 is 0 Å². The summed E-state index contributed by atoms with van der Waals surface area (Å²) in [6.07, 6.45) is 0. The summed E-state index contributed by atoms with van der Waals surface area (Å²) in [5.74, 6) is -0.498. The van der Waals surface area contributed by atoms with Crippen LogP contribution in [-0.4, -0.2) is 29.5 Å². The number of hydrogen-bond donors (Lipinski definition) is 0. The van der Waals surface area contributed by atoms with Gasteiger partial charge in [-0.25, -0.2) is 0 Å². The predicted octanol–water partition coefficient (Wildman–Crippen LogP) is 4.91. The standard InChI is InChI=1S/C10H9IO3.C8H6BrIO/c1-7(12)14-6-10(13)8-2-4-9(11)5-3-8;9-5-8(11)6-1-3-7(10)4-2-6/h2-5H,6H2,1H3;1-4H,5H2. The Labute approximate surface area is 182 Å². The van der Waals surface area contributed by atoms with Crippen molar-refractivity contribution >= 4 is 78.6 Å². The fourth-order valence-corrected chi connectivity index (χ4v) is 2.64. The van der Waals surface area contributed by atoms with Crippen LogP contribution in [0, 0.1) is 7.14 Å². The van der Waals surface area contributed by atoms with E-state index in [9.17, 15) is 14.4 Å². The number of benzene rings is 2. The van der Waals surface area contributed by atoms with E-state index < -0.39 is 5.97 Å². The van der Waals surface area contributed by atoms with E-state index in [1.54, 1.807) is 12.1 Å². The van der Waals surface area contributed by atoms with Crippen molar-refractivity contribution in [1.82, 2.24) is 0 Å². The van der Waals surface area contributed by atoms with Gasteiger partial charge < -0.3 is 4.74 Å². The molecule has 0 aliphatic carbocycles. The monoisotopic (exact) mass is 628 g/mol. The van der Waals surface area contributed by atoms with Crippen molar-refractivity contribution in [2.24, 2.45) is 0 Å². The molecule has 2 rings (SSSR count). The van der Waals surface area contributed by atoms with Gasteiger partial charge in [0.2, 0.25) is 0 Å². The van der Waals surface area contributed by atoms with E-state index in [2.05, 4.69) is 65.8 Å². The zero-order valence-electron chi connectivity index (χ0n) is 13.3. The Morgan fingerprint density at radius 2 is 1.24 bits per heavy atom. The number of Topliss-reactive ketones (excluding diaryl/α,β-unsaturated/α-hetero) is 2.